The van der Waals surface area contributed by atoms with Crippen LogP contribution < -0.4 is 0 Å². The summed E-state index contributed by atoms with van der Waals surface area (Å²) in [5, 5.41) is 10.0. The minimum atomic E-state index is 0.425. The minimum absolute atomic E-state index is 0.425. The standard InChI is InChI=1S/C17H29NOS/c1-5-10-20-13-14(4)15-8-9-17(19)16(11-15)12-18(6-2)7-3/h8-9,11,14,19H,5-7,10,12-13H2,1-4H3. The summed E-state index contributed by atoms with van der Waals surface area (Å²) < 4.78 is 0. The Kier molecular flexibility index (Phi) is 8.08. The predicted octanol–water partition coefficient (Wildman–Crippen LogP) is 4.48. The summed E-state index contributed by atoms with van der Waals surface area (Å²) in [5.41, 5.74) is 2.40. The first kappa shape index (κ1) is 17.4. The van der Waals surface area contributed by atoms with E-state index in [1.54, 1.807) is 0 Å². The van der Waals surface area contributed by atoms with E-state index in [0.29, 0.717) is 11.7 Å². The van der Waals surface area contributed by atoms with Crippen molar-refractivity contribution in [3.05, 3.63) is 29.3 Å². The molecule has 0 saturated heterocycles. The van der Waals surface area contributed by atoms with E-state index in [1.165, 1.54) is 17.7 Å². The fraction of sp³-hybridized carbons (Fsp3) is 0.647. The van der Waals surface area contributed by atoms with Gasteiger partial charge < -0.3 is 5.11 Å². The van der Waals surface area contributed by atoms with Gasteiger partial charge in [-0.05, 0) is 48.6 Å². The molecule has 114 valence electrons. The first-order valence-electron chi connectivity index (χ1n) is 7.74. The summed E-state index contributed by atoms with van der Waals surface area (Å²) in [6, 6.07) is 6.11. The third-order valence-corrected chi connectivity index (χ3v) is 5.11. The lowest BCUT2D eigenvalue weighted by atomic mass is 10.00. The third-order valence-electron chi connectivity index (χ3n) is 3.68. The number of aromatic hydroxyl groups is 1. The van der Waals surface area contributed by atoms with Gasteiger partial charge in [-0.25, -0.2) is 0 Å². The molecule has 0 amide bonds. The lowest BCUT2D eigenvalue weighted by Crippen LogP contribution is -2.22. The number of phenolic OH excluding ortho intramolecular Hbond substituents is 1. The Morgan fingerprint density at radius 1 is 1.20 bits per heavy atom. The summed E-state index contributed by atoms with van der Waals surface area (Å²) in [5.74, 6) is 3.36. The van der Waals surface area contributed by atoms with Gasteiger partial charge in [-0.15, -0.1) is 0 Å². The highest BCUT2D eigenvalue weighted by molar-refractivity contribution is 7.99. The first-order valence-corrected chi connectivity index (χ1v) is 8.89. The van der Waals surface area contributed by atoms with Crippen LogP contribution in [-0.2, 0) is 6.54 Å². The highest BCUT2D eigenvalue weighted by Gasteiger charge is 2.11. The molecule has 1 rings (SSSR count). The normalized spacial score (nSPS) is 12.8. The Morgan fingerprint density at radius 2 is 1.90 bits per heavy atom. The maximum Gasteiger partial charge on any atom is 0.120 e. The fourth-order valence-corrected chi connectivity index (χ4v) is 3.23. The summed E-state index contributed by atoms with van der Waals surface area (Å²) >= 11 is 2.02. The smallest absolute Gasteiger partial charge is 0.120 e. The summed E-state index contributed by atoms with van der Waals surface area (Å²) in [6.07, 6.45) is 1.24. The van der Waals surface area contributed by atoms with Crippen molar-refractivity contribution >= 4 is 11.8 Å². The second-order valence-electron chi connectivity index (χ2n) is 5.33. The van der Waals surface area contributed by atoms with Gasteiger partial charge in [0.1, 0.15) is 5.75 Å². The molecule has 1 aromatic carbocycles. The molecular weight excluding hydrogens is 266 g/mol. The zero-order valence-corrected chi connectivity index (χ0v) is 14.2. The van der Waals surface area contributed by atoms with Crippen molar-refractivity contribution in [3.63, 3.8) is 0 Å². The van der Waals surface area contributed by atoms with Crippen molar-refractivity contribution in [1.29, 1.82) is 0 Å². The van der Waals surface area contributed by atoms with Crippen LogP contribution in [-0.4, -0.2) is 34.6 Å². The second kappa shape index (κ2) is 9.30. The molecule has 1 unspecified atom stereocenters. The van der Waals surface area contributed by atoms with E-state index in [-0.39, 0.29) is 0 Å². The lowest BCUT2D eigenvalue weighted by molar-refractivity contribution is 0.290. The number of nitrogens with zero attached hydrogens (tertiary/aromatic N) is 1. The van der Waals surface area contributed by atoms with Gasteiger partial charge in [-0.1, -0.05) is 39.8 Å². The average Bonchev–Trinajstić information content (AvgIpc) is 2.46. The maximum atomic E-state index is 10.0. The molecule has 0 bridgehead atoms. The topological polar surface area (TPSA) is 23.5 Å². The van der Waals surface area contributed by atoms with Crippen molar-refractivity contribution in [2.45, 2.75) is 46.6 Å². The van der Waals surface area contributed by atoms with Crippen LogP contribution in [0.1, 0.15) is 51.2 Å². The van der Waals surface area contributed by atoms with Crippen LogP contribution >= 0.6 is 11.8 Å². The van der Waals surface area contributed by atoms with Gasteiger partial charge in [0.25, 0.3) is 0 Å². The van der Waals surface area contributed by atoms with Crippen LogP contribution in [0.5, 0.6) is 5.75 Å². The first-order chi connectivity index (χ1) is 9.62. The van der Waals surface area contributed by atoms with E-state index in [1.807, 2.05) is 17.8 Å². The van der Waals surface area contributed by atoms with Gasteiger partial charge >= 0.3 is 0 Å². The molecule has 0 spiro atoms. The molecule has 0 fully saturated rings. The zero-order chi connectivity index (χ0) is 15.0. The minimum Gasteiger partial charge on any atom is -0.508 e. The van der Waals surface area contributed by atoms with Crippen LogP contribution in [0.25, 0.3) is 0 Å². The largest absolute Gasteiger partial charge is 0.508 e. The molecule has 2 nitrogen and oxygen atoms in total. The molecule has 1 N–H and O–H groups in total. The predicted molar refractivity (Wildman–Crippen MR) is 90.8 cm³/mol. The maximum absolute atomic E-state index is 10.0. The Labute approximate surface area is 128 Å². The van der Waals surface area contributed by atoms with E-state index in [9.17, 15) is 5.11 Å². The highest BCUT2D eigenvalue weighted by Crippen LogP contribution is 2.27. The molecule has 0 aliphatic heterocycles. The quantitative estimate of drug-likeness (QED) is 0.679. The molecule has 0 heterocycles. The van der Waals surface area contributed by atoms with Crippen molar-refractivity contribution in [3.8, 4) is 5.75 Å². The Morgan fingerprint density at radius 3 is 2.50 bits per heavy atom. The zero-order valence-electron chi connectivity index (χ0n) is 13.4. The van der Waals surface area contributed by atoms with Gasteiger partial charge in [-0.2, -0.15) is 11.8 Å². The van der Waals surface area contributed by atoms with Crippen LogP contribution in [0.2, 0.25) is 0 Å². The van der Waals surface area contributed by atoms with Gasteiger partial charge in [0.2, 0.25) is 0 Å². The number of benzene rings is 1. The van der Waals surface area contributed by atoms with E-state index in [0.717, 1.165) is 31.0 Å². The summed E-state index contributed by atoms with van der Waals surface area (Å²) in [6.45, 7) is 11.7. The molecule has 0 radical (unpaired) electrons. The average molecular weight is 295 g/mol. The molecule has 1 aromatic rings. The summed E-state index contributed by atoms with van der Waals surface area (Å²) in [4.78, 5) is 2.33. The lowest BCUT2D eigenvalue weighted by Gasteiger charge is -2.20. The number of thioether (sulfide) groups is 1. The third kappa shape index (κ3) is 5.37. The molecular formula is C17H29NOS. The molecule has 0 aliphatic carbocycles. The van der Waals surface area contributed by atoms with Gasteiger partial charge in [0.05, 0.1) is 0 Å². The Balaban J connectivity index is 2.74. The molecule has 0 aliphatic rings. The number of hydrogen-bond donors (Lipinski definition) is 1. The van der Waals surface area contributed by atoms with Crippen molar-refractivity contribution in [1.82, 2.24) is 4.90 Å². The van der Waals surface area contributed by atoms with E-state index in [4.69, 9.17) is 0 Å². The Hall–Kier alpha value is -0.670. The van der Waals surface area contributed by atoms with Crippen LogP contribution in [0, 0.1) is 0 Å². The number of rotatable bonds is 9. The fourth-order valence-electron chi connectivity index (χ4n) is 2.23. The van der Waals surface area contributed by atoms with Crippen molar-refractivity contribution in [2.75, 3.05) is 24.6 Å². The van der Waals surface area contributed by atoms with Crippen LogP contribution in [0.4, 0.5) is 0 Å². The van der Waals surface area contributed by atoms with Crippen molar-refractivity contribution < 1.29 is 5.11 Å². The SMILES string of the molecule is CCCSCC(C)c1ccc(O)c(CN(CC)CC)c1. The molecule has 20 heavy (non-hydrogen) atoms. The van der Waals surface area contributed by atoms with E-state index in [2.05, 4.69) is 44.7 Å². The van der Waals surface area contributed by atoms with E-state index < -0.39 is 0 Å². The second-order valence-corrected chi connectivity index (χ2v) is 6.48. The van der Waals surface area contributed by atoms with Gasteiger partial charge in [0, 0.05) is 12.1 Å². The summed E-state index contributed by atoms with van der Waals surface area (Å²) in [7, 11) is 0. The molecule has 0 saturated carbocycles. The van der Waals surface area contributed by atoms with E-state index >= 15 is 0 Å². The number of phenols is 1. The molecule has 1 atom stereocenters. The van der Waals surface area contributed by atoms with Crippen LogP contribution in [0.3, 0.4) is 0 Å². The highest BCUT2D eigenvalue weighted by atomic mass is 32.2. The monoisotopic (exact) mass is 295 g/mol. The molecule has 0 aromatic heterocycles. The van der Waals surface area contributed by atoms with Gasteiger partial charge in [-0.3, -0.25) is 4.90 Å². The Bertz CT molecular complexity index is 391. The van der Waals surface area contributed by atoms with Crippen LogP contribution in [0.15, 0.2) is 18.2 Å². The van der Waals surface area contributed by atoms with Crippen molar-refractivity contribution in [2.24, 2.45) is 0 Å². The van der Waals surface area contributed by atoms with Gasteiger partial charge in [0.15, 0.2) is 0 Å². The number of hydrogen-bond acceptors (Lipinski definition) is 3. The molecule has 3 heteroatoms.